The number of amidine groups is 1. The molecule has 2 N–H and O–H groups in total. The highest BCUT2D eigenvalue weighted by Crippen LogP contribution is 2.30. The Kier molecular flexibility index (Phi) is 6.90. The number of nitrogens with zero attached hydrogens (tertiary/aromatic N) is 3. The Hall–Kier alpha value is -2.84. The van der Waals surface area contributed by atoms with Gasteiger partial charge in [0.05, 0.1) is 18.5 Å². The second-order valence-corrected chi connectivity index (χ2v) is 7.64. The maximum atomic E-state index is 12.7. The van der Waals surface area contributed by atoms with Gasteiger partial charge in [-0.05, 0) is 37.3 Å². The normalized spacial score (nSPS) is 17.4. The molecule has 2 amide bonds. The molecule has 3 rings (SSSR count). The molecule has 1 aliphatic heterocycles. The van der Waals surface area contributed by atoms with Crippen LogP contribution in [0.4, 0.5) is 5.69 Å². The minimum Gasteiger partial charge on any atom is -0.494 e. The van der Waals surface area contributed by atoms with Crippen molar-refractivity contribution in [2.45, 2.75) is 18.6 Å². The summed E-state index contributed by atoms with van der Waals surface area (Å²) in [5.74, 6) is 0.0513. The summed E-state index contributed by atoms with van der Waals surface area (Å²) in [5, 5.41) is 7.77. The van der Waals surface area contributed by atoms with E-state index in [-0.39, 0.29) is 23.4 Å². The minimum absolute atomic E-state index is 0.0428. The average molecular weight is 431 g/mol. The standard InChI is InChI=1S/C20H19ClN4O3S/c1-2-28-15-9-7-14(8-10-15)25-18(26)11-17(19(25)27)29-20(22)24-23-12-13-5-3-4-6-16(13)21/h3-10,12,17H,2,11H2,1H3,(H2,22,24)/b23-12+. The summed E-state index contributed by atoms with van der Waals surface area (Å²) in [6.45, 7) is 2.42. The molecule has 7 nitrogen and oxygen atoms in total. The van der Waals surface area contributed by atoms with Crippen molar-refractivity contribution in [1.82, 2.24) is 0 Å². The zero-order chi connectivity index (χ0) is 20.8. The number of hydrogen-bond donors (Lipinski definition) is 1. The zero-order valence-corrected chi connectivity index (χ0v) is 17.2. The highest BCUT2D eigenvalue weighted by molar-refractivity contribution is 8.14. The van der Waals surface area contributed by atoms with Gasteiger partial charge in [-0.2, -0.15) is 5.10 Å². The first kappa shape index (κ1) is 20.9. The number of amides is 2. The lowest BCUT2D eigenvalue weighted by Gasteiger charge is -2.15. The number of carbonyl (C=O) groups excluding carboxylic acids is 2. The van der Waals surface area contributed by atoms with Crippen LogP contribution < -0.4 is 15.4 Å². The molecular formula is C20H19ClN4O3S. The lowest BCUT2D eigenvalue weighted by molar-refractivity contribution is -0.121. The van der Waals surface area contributed by atoms with Gasteiger partial charge in [-0.15, -0.1) is 5.10 Å². The van der Waals surface area contributed by atoms with Crippen molar-refractivity contribution in [2.24, 2.45) is 15.9 Å². The second-order valence-electron chi connectivity index (χ2n) is 6.01. The number of benzene rings is 2. The number of thioether (sulfide) groups is 1. The van der Waals surface area contributed by atoms with E-state index in [1.54, 1.807) is 36.4 Å². The van der Waals surface area contributed by atoms with E-state index in [0.29, 0.717) is 28.6 Å². The predicted octanol–water partition coefficient (Wildman–Crippen LogP) is 3.45. The number of nitrogens with two attached hydrogens (primary N) is 1. The molecule has 0 bridgehead atoms. The van der Waals surface area contributed by atoms with Crippen LogP contribution in [0.15, 0.2) is 58.7 Å². The highest BCUT2D eigenvalue weighted by atomic mass is 35.5. The molecule has 2 aromatic carbocycles. The molecule has 29 heavy (non-hydrogen) atoms. The van der Waals surface area contributed by atoms with Crippen molar-refractivity contribution in [1.29, 1.82) is 0 Å². The van der Waals surface area contributed by atoms with Crippen LogP contribution in [0.5, 0.6) is 5.75 Å². The van der Waals surface area contributed by atoms with Crippen molar-refractivity contribution < 1.29 is 14.3 Å². The quantitative estimate of drug-likeness (QED) is 0.327. The van der Waals surface area contributed by atoms with Crippen LogP contribution in [0.2, 0.25) is 5.02 Å². The first-order valence-electron chi connectivity index (χ1n) is 8.87. The van der Waals surface area contributed by atoms with E-state index in [4.69, 9.17) is 22.1 Å². The van der Waals surface area contributed by atoms with Gasteiger partial charge in [0.25, 0.3) is 0 Å². The highest BCUT2D eigenvalue weighted by Gasteiger charge is 2.40. The van der Waals surface area contributed by atoms with Gasteiger partial charge >= 0.3 is 0 Å². The SMILES string of the molecule is CCOc1ccc(N2C(=O)CC(S/C(N)=N/N=C/c3ccccc3Cl)C2=O)cc1. The Balaban J connectivity index is 1.65. The molecule has 0 aliphatic carbocycles. The molecule has 0 radical (unpaired) electrons. The maximum Gasteiger partial charge on any atom is 0.247 e. The molecule has 1 atom stereocenters. The molecule has 1 aliphatic rings. The van der Waals surface area contributed by atoms with Crippen molar-refractivity contribution in [3.63, 3.8) is 0 Å². The topological polar surface area (TPSA) is 97.3 Å². The van der Waals surface area contributed by atoms with E-state index < -0.39 is 5.25 Å². The number of carbonyl (C=O) groups is 2. The van der Waals surface area contributed by atoms with Crippen LogP contribution in [0.25, 0.3) is 0 Å². The summed E-state index contributed by atoms with van der Waals surface area (Å²) >= 11 is 7.05. The molecule has 1 saturated heterocycles. The number of rotatable bonds is 6. The number of halogens is 1. The summed E-state index contributed by atoms with van der Waals surface area (Å²) in [6, 6.07) is 14.0. The third kappa shape index (κ3) is 5.16. The van der Waals surface area contributed by atoms with Crippen LogP contribution in [-0.4, -0.2) is 35.1 Å². The number of imide groups is 1. The first-order valence-corrected chi connectivity index (χ1v) is 10.1. The minimum atomic E-state index is -0.645. The zero-order valence-electron chi connectivity index (χ0n) is 15.6. The number of anilines is 1. The van der Waals surface area contributed by atoms with Gasteiger partial charge in [0, 0.05) is 17.0 Å². The lowest BCUT2D eigenvalue weighted by atomic mass is 10.2. The van der Waals surface area contributed by atoms with E-state index in [0.717, 1.165) is 16.7 Å². The smallest absolute Gasteiger partial charge is 0.247 e. The molecule has 1 heterocycles. The van der Waals surface area contributed by atoms with E-state index in [9.17, 15) is 9.59 Å². The third-order valence-electron chi connectivity index (χ3n) is 4.03. The molecule has 2 aromatic rings. The summed E-state index contributed by atoms with van der Waals surface area (Å²) in [4.78, 5) is 26.2. The Morgan fingerprint density at radius 2 is 2.00 bits per heavy atom. The number of ether oxygens (including phenoxy) is 1. The lowest BCUT2D eigenvalue weighted by Crippen LogP contribution is -2.31. The molecule has 9 heteroatoms. The Morgan fingerprint density at radius 3 is 2.69 bits per heavy atom. The van der Waals surface area contributed by atoms with Gasteiger partial charge in [-0.3, -0.25) is 9.59 Å². The summed E-state index contributed by atoms with van der Waals surface area (Å²) in [7, 11) is 0. The van der Waals surface area contributed by atoms with Gasteiger partial charge in [0.15, 0.2) is 5.17 Å². The van der Waals surface area contributed by atoms with Crippen LogP contribution >= 0.6 is 23.4 Å². The third-order valence-corrected chi connectivity index (χ3v) is 5.35. The molecule has 0 saturated carbocycles. The second kappa shape index (κ2) is 9.58. The molecule has 0 aromatic heterocycles. The van der Waals surface area contributed by atoms with Gasteiger partial charge in [0.1, 0.15) is 11.0 Å². The summed E-state index contributed by atoms with van der Waals surface area (Å²) in [5.41, 5.74) is 7.07. The molecule has 1 unspecified atom stereocenters. The van der Waals surface area contributed by atoms with Crippen LogP contribution in [-0.2, 0) is 9.59 Å². The summed E-state index contributed by atoms with van der Waals surface area (Å²) in [6.07, 6.45) is 1.52. The Bertz CT molecular complexity index is 962. The van der Waals surface area contributed by atoms with E-state index in [2.05, 4.69) is 10.2 Å². The van der Waals surface area contributed by atoms with E-state index in [1.165, 1.54) is 6.21 Å². The van der Waals surface area contributed by atoms with Crippen LogP contribution in [0, 0.1) is 0 Å². The Labute approximate surface area is 177 Å². The molecule has 0 spiro atoms. The summed E-state index contributed by atoms with van der Waals surface area (Å²) < 4.78 is 5.38. The fourth-order valence-corrected chi connectivity index (χ4v) is 3.73. The fourth-order valence-electron chi connectivity index (χ4n) is 2.72. The van der Waals surface area contributed by atoms with Gasteiger partial charge in [0.2, 0.25) is 11.8 Å². The molecular weight excluding hydrogens is 412 g/mol. The largest absolute Gasteiger partial charge is 0.494 e. The van der Waals surface area contributed by atoms with E-state index in [1.807, 2.05) is 19.1 Å². The van der Waals surface area contributed by atoms with Crippen LogP contribution in [0.3, 0.4) is 0 Å². The van der Waals surface area contributed by atoms with Gasteiger partial charge in [-0.1, -0.05) is 41.6 Å². The van der Waals surface area contributed by atoms with Gasteiger partial charge in [-0.25, -0.2) is 4.90 Å². The van der Waals surface area contributed by atoms with Crippen molar-refractivity contribution in [3.8, 4) is 5.75 Å². The maximum absolute atomic E-state index is 12.7. The molecule has 150 valence electrons. The van der Waals surface area contributed by atoms with E-state index >= 15 is 0 Å². The predicted molar refractivity (Wildman–Crippen MR) is 117 cm³/mol. The van der Waals surface area contributed by atoms with Crippen LogP contribution in [0.1, 0.15) is 18.9 Å². The van der Waals surface area contributed by atoms with Crippen molar-refractivity contribution in [3.05, 3.63) is 59.1 Å². The fraction of sp³-hybridized carbons (Fsp3) is 0.200. The molecule has 1 fully saturated rings. The van der Waals surface area contributed by atoms with Crippen molar-refractivity contribution >= 4 is 52.2 Å². The monoisotopic (exact) mass is 430 g/mol. The Morgan fingerprint density at radius 1 is 1.28 bits per heavy atom. The average Bonchev–Trinajstić information content (AvgIpc) is 2.97. The number of hydrogen-bond acceptors (Lipinski definition) is 6. The van der Waals surface area contributed by atoms with Crippen molar-refractivity contribution in [2.75, 3.05) is 11.5 Å². The first-order chi connectivity index (χ1) is 14.0. The van der Waals surface area contributed by atoms with Gasteiger partial charge < -0.3 is 10.5 Å².